The van der Waals surface area contributed by atoms with Gasteiger partial charge in [0.25, 0.3) is 0 Å². The Kier molecular flexibility index (Phi) is 6.24. The molecule has 0 aliphatic carbocycles. The van der Waals surface area contributed by atoms with E-state index < -0.39 is 0 Å². The molecule has 116 valence electrons. The Hall–Kier alpha value is -1.35. The zero-order chi connectivity index (χ0) is 15.1. The molecule has 1 N–H and O–H groups in total. The lowest BCUT2D eigenvalue weighted by Crippen LogP contribution is -2.47. The first-order chi connectivity index (χ1) is 10.2. The maximum absolute atomic E-state index is 12.1. The molecular weight excluding hydrogens is 260 g/mol. The van der Waals surface area contributed by atoms with Gasteiger partial charge in [-0.15, -0.1) is 0 Å². The number of nitrogens with zero attached hydrogens (tertiary/aromatic N) is 1. The van der Waals surface area contributed by atoms with E-state index in [-0.39, 0.29) is 5.91 Å². The molecule has 0 spiro atoms. The van der Waals surface area contributed by atoms with Gasteiger partial charge < -0.3 is 5.32 Å². The highest BCUT2D eigenvalue weighted by Gasteiger charge is 2.26. The van der Waals surface area contributed by atoms with Crippen molar-refractivity contribution in [3.05, 3.63) is 35.9 Å². The zero-order valence-electron chi connectivity index (χ0n) is 13.3. The van der Waals surface area contributed by atoms with Crippen molar-refractivity contribution in [1.82, 2.24) is 10.2 Å². The molecule has 1 atom stereocenters. The average Bonchev–Trinajstić information content (AvgIpc) is 2.48. The second-order valence-electron chi connectivity index (χ2n) is 6.36. The van der Waals surface area contributed by atoms with Crippen LogP contribution in [0.5, 0.6) is 0 Å². The molecule has 1 aromatic rings. The summed E-state index contributed by atoms with van der Waals surface area (Å²) in [6.45, 7) is 6.86. The Morgan fingerprint density at radius 1 is 1.29 bits per heavy atom. The summed E-state index contributed by atoms with van der Waals surface area (Å²) in [6.07, 6.45) is 4.66. The summed E-state index contributed by atoms with van der Waals surface area (Å²) < 4.78 is 0. The number of hydrogen-bond donors (Lipinski definition) is 1. The van der Waals surface area contributed by atoms with Crippen molar-refractivity contribution in [2.75, 3.05) is 19.6 Å². The highest BCUT2D eigenvalue weighted by Crippen LogP contribution is 2.22. The van der Waals surface area contributed by atoms with E-state index in [0.717, 1.165) is 19.5 Å². The maximum atomic E-state index is 12.1. The fraction of sp³-hybridized carbons (Fsp3) is 0.611. The fourth-order valence-corrected chi connectivity index (χ4v) is 3.20. The van der Waals surface area contributed by atoms with Gasteiger partial charge in [-0.2, -0.15) is 0 Å². The monoisotopic (exact) mass is 288 g/mol. The van der Waals surface area contributed by atoms with Crippen molar-refractivity contribution in [2.45, 2.75) is 45.6 Å². The lowest BCUT2D eigenvalue weighted by atomic mass is 9.93. The average molecular weight is 288 g/mol. The molecule has 0 bridgehead atoms. The van der Waals surface area contributed by atoms with E-state index in [0.29, 0.717) is 18.5 Å². The molecule has 1 amide bonds. The van der Waals surface area contributed by atoms with E-state index in [1.54, 1.807) is 0 Å². The molecule has 1 saturated heterocycles. The number of carbonyl (C=O) groups excluding carboxylic acids is 1. The van der Waals surface area contributed by atoms with Crippen LogP contribution in [0.4, 0.5) is 0 Å². The smallest absolute Gasteiger partial charge is 0.234 e. The summed E-state index contributed by atoms with van der Waals surface area (Å²) in [5.41, 5.74) is 1.27. The quantitative estimate of drug-likeness (QED) is 0.873. The molecule has 1 unspecified atom stereocenters. The molecule has 1 heterocycles. The number of benzene rings is 1. The summed E-state index contributed by atoms with van der Waals surface area (Å²) in [4.78, 5) is 14.5. The van der Waals surface area contributed by atoms with Crippen LogP contribution in [-0.4, -0.2) is 36.5 Å². The number of piperidine rings is 1. The topological polar surface area (TPSA) is 32.3 Å². The van der Waals surface area contributed by atoms with Crippen LogP contribution in [0.1, 0.15) is 38.7 Å². The van der Waals surface area contributed by atoms with E-state index in [1.165, 1.54) is 24.8 Å². The van der Waals surface area contributed by atoms with Gasteiger partial charge in [0, 0.05) is 12.6 Å². The minimum Gasteiger partial charge on any atom is -0.355 e. The first-order valence-corrected chi connectivity index (χ1v) is 8.21. The Bertz CT molecular complexity index is 430. The predicted molar refractivity (Wildman–Crippen MR) is 87.2 cm³/mol. The lowest BCUT2D eigenvalue weighted by Gasteiger charge is -2.37. The molecule has 1 fully saturated rings. The van der Waals surface area contributed by atoms with Crippen LogP contribution in [0.2, 0.25) is 0 Å². The third-order valence-electron chi connectivity index (χ3n) is 4.36. The zero-order valence-corrected chi connectivity index (χ0v) is 13.3. The van der Waals surface area contributed by atoms with Crippen molar-refractivity contribution in [3.8, 4) is 0 Å². The minimum absolute atomic E-state index is 0.165. The summed E-state index contributed by atoms with van der Waals surface area (Å²) in [5.74, 6) is 0.792. The largest absolute Gasteiger partial charge is 0.355 e. The summed E-state index contributed by atoms with van der Waals surface area (Å²) in [5, 5.41) is 3.06. The highest BCUT2D eigenvalue weighted by molar-refractivity contribution is 5.78. The molecule has 0 aromatic heterocycles. The van der Waals surface area contributed by atoms with Crippen LogP contribution in [-0.2, 0) is 11.2 Å². The molecule has 3 heteroatoms. The number of hydrogen-bond acceptors (Lipinski definition) is 2. The molecule has 1 aromatic carbocycles. The highest BCUT2D eigenvalue weighted by atomic mass is 16.2. The van der Waals surface area contributed by atoms with E-state index in [2.05, 4.69) is 36.2 Å². The van der Waals surface area contributed by atoms with Crippen molar-refractivity contribution < 1.29 is 4.79 Å². The van der Waals surface area contributed by atoms with Crippen molar-refractivity contribution in [3.63, 3.8) is 0 Å². The summed E-state index contributed by atoms with van der Waals surface area (Å²) in [6, 6.07) is 10.9. The van der Waals surface area contributed by atoms with Gasteiger partial charge in [-0.3, -0.25) is 9.69 Å². The van der Waals surface area contributed by atoms with E-state index in [1.807, 2.05) is 18.2 Å². The summed E-state index contributed by atoms with van der Waals surface area (Å²) in [7, 11) is 0. The molecular formula is C18H28N2O. The van der Waals surface area contributed by atoms with Crippen LogP contribution in [0, 0.1) is 5.92 Å². The normalized spacial score (nSPS) is 19.7. The van der Waals surface area contributed by atoms with Crippen LogP contribution >= 0.6 is 0 Å². The number of likely N-dealkylation sites (tertiary alicyclic amines) is 1. The fourth-order valence-electron chi connectivity index (χ4n) is 3.20. The van der Waals surface area contributed by atoms with Gasteiger partial charge in [-0.05, 0) is 37.3 Å². The molecule has 21 heavy (non-hydrogen) atoms. The van der Waals surface area contributed by atoms with Crippen LogP contribution in [0.25, 0.3) is 0 Å². The molecule has 1 aliphatic rings. The van der Waals surface area contributed by atoms with Crippen LogP contribution < -0.4 is 5.32 Å². The third kappa shape index (κ3) is 5.16. The number of amides is 1. The Labute approximate surface area is 128 Å². The van der Waals surface area contributed by atoms with Gasteiger partial charge >= 0.3 is 0 Å². The van der Waals surface area contributed by atoms with E-state index in [4.69, 9.17) is 0 Å². The van der Waals surface area contributed by atoms with Crippen LogP contribution in [0.3, 0.4) is 0 Å². The first-order valence-electron chi connectivity index (χ1n) is 8.21. The van der Waals surface area contributed by atoms with Gasteiger partial charge in [0.15, 0.2) is 0 Å². The molecule has 1 aliphatic heterocycles. The van der Waals surface area contributed by atoms with Gasteiger partial charge in [0.2, 0.25) is 5.91 Å². The first kappa shape index (κ1) is 16.0. The molecule has 0 radical (unpaired) electrons. The summed E-state index contributed by atoms with van der Waals surface area (Å²) >= 11 is 0. The predicted octanol–water partition coefficient (Wildman–Crippen LogP) is 2.86. The number of nitrogens with one attached hydrogen (secondary N) is 1. The second-order valence-corrected chi connectivity index (χ2v) is 6.36. The van der Waals surface area contributed by atoms with Gasteiger partial charge in [-0.25, -0.2) is 0 Å². The molecule has 3 nitrogen and oxygen atoms in total. The van der Waals surface area contributed by atoms with Gasteiger partial charge in [0.05, 0.1) is 6.54 Å². The number of carbonyl (C=O) groups is 1. The minimum atomic E-state index is 0.165. The van der Waals surface area contributed by atoms with Gasteiger partial charge in [0.1, 0.15) is 0 Å². The van der Waals surface area contributed by atoms with Gasteiger partial charge in [-0.1, -0.05) is 50.6 Å². The lowest BCUT2D eigenvalue weighted by molar-refractivity contribution is -0.123. The maximum Gasteiger partial charge on any atom is 0.234 e. The Balaban J connectivity index is 1.73. The van der Waals surface area contributed by atoms with Crippen molar-refractivity contribution in [1.29, 1.82) is 0 Å². The Morgan fingerprint density at radius 3 is 2.76 bits per heavy atom. The van der Waals surface area contributed by atoms with Crippen LogP contribution in [0.15, 0.2) is 30.3 Å². The second kappa shape index (κ2) is 8.18. The van der Waals surface area contributed by atoms with E-state index in [9.17, 15) is 4.79 Å². The molecule has 0 saturated carbocycles. The third-order valence-corrected chi connectivity index (χ3v) is 4.36. The Morgan fingerprint density at radius 2 is 2.05 bits per heavy atom. The molecule has 2 rings (SSSR count). The standard InChI is InChI=1S/C18H28N2O/c1-15(2)17-10-6-7-13-20(17)14-18(21)19-12-11-16-8-4-3-5-9-16/h3-5,8-9,15,17H,6-7,10-14H2,1-2H3,(H,19,21). The van der Waals surface area contributed by atoms with Crippen molar-refractivity contribution in [2.24, 2.45) is 5.92 Å². The van der Waals surface area contributed by atoms with Crippen molar-refractivity contribution >= 4 is 5.91 Å². The van der Waals surface area contributed by atoms with E-state index >= 15 is 0 Å². The SMILES string of the molecule is CC(C)C1CCCCN1CC(=O)NCCc1ccccc1. The number of rotatable bonds is 6.